The van der Waals surface area contributed by atoms with Gasteiger partial charge >= 0.3 is 0 Å². The number of para-hydroxylation sites is 1. The highest BCUT2D eigenvalue weighted by atomic mass is 15.1. The van der Waals surface area contributed by atoms with Crippen molar-refractivity contribution in [2.75, 3.05) is 10.2 Å². The van der Waals surface area contributed by atoms with Crippen LogP contribution in [0.5, 0.6) is 0 Å². The van der Waals surface area contributed by atoms with E-state index >= 15 is 0 Å². The van der Waals surface area contributed by atoms with Crippen LogP contribution in [0.1, 0.15) is 34.6 Å². The van der Waals surface area contributed by atoms with Crippen molar-refractivity contribution in [3.8, 4) is 11.1 Å². The van der Waals surface area contributed by atoms with Gasteiger partial charge in [0.05, 0.1) is 5.69 Å². The van der Waals surface area contributed by atoms with Gasteiger partial charge in [0.15, 0.2) is 0 Å². The van der Waals surface area contributed by atoms with Gasteiger partial charge in [0.25, 0.3) is 0 Å². The SMILES string of the molecule is C=C1/C=C(c2ccc(Nc3cccc(-c4ccccc4)c3)c(C3C=CC=CC3)c2)\C=C/N(c2ccc(C)cc2)c2ccccc21. The molecule has 1 aliphatic carbocycles. The second-order valence-electron chi connectivity index (χ2n) is 11.7. The summed E-state index contributed by atoms with van der Waals surface area (Å²) >= 11 is 0. The Bertz CT molecular complexity index is 1970. The maximum Gasteiger partial charge on any atom is 0.0533 e. The van der Waals surface area contributed by atoms with Crippen molar-refractivity contribution in [1.82, 2.24) is 0 Å². The summed E-state index contributed by atoms with van der Waals surface area (Å²) in [5, 5.41) is 3.77. The van der Waals surface area contributed by atoms with E-state index < -0.39 is 0 Å². The fraction of sp³-hybridized carbons (Fsp3) is 0.0698. The van der Waals surface area contributed by atoms with Crippen LogP contribution in [0.25, 0.3) is 22.3 Å². The molecule has 0 fully saturated rings. The van der Waals surface area contributed by atoms with E-state index in [0.717, 1.165) is 51.4 Å². The van der Waals surface area contributed by atoms with E-state index in [1.54, 1.807) is 0 Å². The summed E-state index contributed by atoms with van der Waals surface area (Å²) in [5.41, 5.74) is 13.8. The van der Waals surface area contributed by atoms with Crippen molar-refractivity contribution in [3.05, 3.63) is 193 Å². The number of anilines is 4. The molecule has 1 aliphatic heterocycles. The van der Waals surface area contributed by atoms with Gasteiger partial charge in [-0.25, -0.2) is 0 Å². The van der Waals surface area contributed by atoms with Crippen molar-refractivity contribution >= 4 is 33.9 Å². The fourth-order valence-corrected chi connectivity index (χ4v) is 6.15. The van der Waals surface area contributed by atoms with E-state index in [1.165, 1.54) is 22.3 Å². The normalized spacial score (nSPS) is 17.5. The van der Waals surface area contributed by atoms with Gasteiger partial charge in [0.2, 0.25) is 0 Å². The zero-order valence-electron chi connectivity index (χ0n) is 25.5. The number of benzene rings is 5. The van der Waals surface area contributed by atoms with Crippen LogP contribution in [0.15, 0.2) is 171 Å². The lowest BCUT2D eigenvalue weighted by molar-refractivity contribution is 0.855. The Morgan fingerprint density at radius 2 is 1.53 bits per heavy atom. The molecule has 0 bridgehead atoms. The highest BCUT2D eigenvalue weighted by Gasteiger charge is 2.18. The Hall–Kier alpha value is -5.60. The van der Waals surface area contributed by atoms with Crippen LogP contribution in [0, 0.1) is 6.92 Å². The van der Waals surface area contributed by atoms with E-state index in [0.29, 0.717) is 0 Å². The molecule has 0 radical (unpaired) electrons. The Balaban J connectivity index is 1.28. The number of rotatable bonds is 6. The maximum atomic E-state index is 4.52. The highest BCUT2D eigenvalue weighted by Crippen LogP contribution is 2.39. The molecule has 0 saturated carbocycles. The average Bonchev–Trinajstić information content (AvgIpc) is 3.09. The number of hydrogen-bond acceptors (Lipinski definition) is 2. The van der Waals surface area contributed by atoms with Gasteiger partial charge in [0, 0.05) is 34.7 Å². The molecule has 0 spiro atoms. The molecule has 0 saturated heterocycles. The number of allylic oxidation sites excluding steroid dienone is 8. The summed E-state index contributed by atoms with van der Waals surface area (Å²) in [6.07, 6.45) is 16.4. The lowest BCUT2D eigenvalue weighted by Gasteiger charge is -2.26. The minimum absolute atomic E-state index is 0.279. The van der Waals surface area contributed by atoms with Gasteiger partial charge in [-0.3, -0.25) is 0 Å². The van der Waals surface area contributed by atoms with Crippen LogP contribution < -0.4 is 10.2 Å². The molecule has 218 valence electrons. The van der Waals surface area contributed by atoms with Crippen molar-refractivity contribution in [2.45, 2.75) is 19.3 Å². The molecule has 2 heteroatoms. The predicted octanol–water partition coefficient (Wildman–Crippen LogP) is 11.8. The van der Waals surface area contributed by atoms with Crippen LogP contribution in [-0.2, 0) is 0 Å². The van der Waals surface area contributed by atoms with Crippen molar-refractivity contribution < 1.29 is 0 Å². The molecule has 0 aromatic heterocycles. The number of aryl methyl sites for hydroxylation is 1. The van der Waals surface area contributed by atoms with E-state index in [2.05, 4.69) is 188 Å². The summed E-state index contributed by atoms with van der Waals surface area (Å²) in [6.45, 7) is 6.65. The third-order valence-corrected chi connectivity index (χ3v) is 8.57. The Kier molecular flexibility index (Phi) is 7.87. The monoisotopic (exact) mass is 580 g/mol. The molecule has 1 N–H and O–H groups in total. The van der Waals surface area contributed by atoms with Crippen molar-refractivity contribution in [3.63, 3.8) is 0 Å². The van der Waals surface area contributed by atoms with Crippen LogP contribution in [0.3, 0.4) is 0 Å². The van der Waals surface area contributed by atoms with Crippen LogP contribution >= 0.6 is 0 Å². The third-order valence-electron chi connectivity index (χ3n) is 8.57. The number of nitrogens with zero attached hydrogens (tertiary/aromatic N) is 1. The minimum Gasteiger partial charge on any atom is -0.355 e. The van der Waals surface area contributed by atoms with Gasteiger partial charge in [-0.2, -0.15) is 0 Å². The topological polar surface area (TPSA) is 15.3 Å². The number of fused-ring (bicyclic) bond motifs is 1. The van der Waals surface area contributed by atoms with E-state index in [1.807, 2.05) is 0 Å². The smallest absolute Gasteiger partial charge is 0.0533 e. The summed E-state index contributed by atoms with van der Waals surface area (Å²) in [4.78, 5) is 2.26. The van der Waals surface area contributed by atoms with E-state index in [9.17, 15) is 0 Å². The van der Waals surface area contributed by atoms with Gasteiger partial charge in [-0.05, 0) is 101 Å². The molecule has 7 rings (SSSR count). The largest absolute Gasteiger partial charge is 0.355 e. The van der Waals surface area contributed by atoms with Crippen LogP contribution in [0.4, 0.5) is 22.7 Å². The Labute approximate surface area is 266 Å². The summed E-state index contributed by atoms with van der Waals surface area (Å²) in [7, 11) is 0. The van der Waals surface area contributed by atoms with E-state index in [-0.39, 0.29) is 5.92 Å². The molecular formula is C43H36N2. The van der Waals surface area contributed by atoms with Gasteiger partial charge in [-0.15, -0.1) is 0 Å². The first-order chi connectivity index (χ1) is 22.1. The second kappa shape index (κ2) is 12.6. The molecule has 1 heterocycles. The second-order valence-corrected chi connectivity index (χ2v) is 11.7. The van der Waals surface area contributed by atoms with Gasteiger partial charge in [-0.1, -0.05) is 115 Å². The first-order valence-electron chi connectivity index (χ1n) is 15.6. The number of hydrogen-bond donors (Lipinski definition) is 1. The molecule has 2 nitrogen and oxygen atoms in total. The summed E-state index contributed by atoms with van der Waals surface area (Å²) < 4.78 is 0. The minimum atomic E-state index is 0.279. The predicted molar refractivity (Wildman–Crippen MR) is 193 cm³/mol. The molecule has 1 unspecified atom stereocenters. The van der Waals surface area contributed by atoms with Crippen LogP contribution in [-0.4, -0.2) is 0 Å². The lowest BCUT2D eigenvalue weighted by Crippen LogP contribution is -2.11. The molecule has 2 aliphatic rings. The van der Waals surface area contributed by atoms with E-state index in [4.69, 9.17) is 0 Å². The van der Waals surface area contributed by atoms with Crippen molar-refractivity contribution in [1.29, 1.82) is 0 Å². The summed E-state index contributed by atoms with van der Waals surface area (Å²) in [6, 6.07) is 43.2. The third kappa shape index (κ3) is 6.09. The van der Waals surface area contributed by atoms with Gasteiger partial charge < -0.3 is 10.2 Å². The summed E-state index contributed by atoms with van der Waals surface area (Å²) in [5.74, 6) is 0.279. The zero-order valence-corrected chi connectivity index (χ0v) is 25.5. The highest BCUT2D eigenvalue weighted by molar-refractivity contribution is 5.94. The maximum absolute atomic E-state index is 4.52. The average molecular weight is 581 g/mol. The molecular weight excluding hydrogens is 544 g/mol. The Morgan fingerprint density at radius 1 is 0.733 bits per heavy atom. The first-order valence-corrected chi connectivity index (χ1v) is 15.6. The van der Waals surface area contributed by atoms with Crippen LogP contribution in [0.2, 0.25) is 0 Å². The van der Waals surface area contributed by atoms with Gasteiger partial charge in [0.1, 0.15) is 0 Å². The first kappa shape index (κ1) is 28.2. The number of nitrogens with one attached hydrogen (secondary N) is 1. The molecule has 1 atom stereocenters. The molecule has 5 aromatic rings. The lowest BCUT2D eigenvalue weighted by atomic mass is 9.88. The van der Waals surface area contributed by atoms with Crippen molar-refractivity contribution in [2.24, 2.45) is 0 Å². The molecule has 0 amide bonds. The molecule has 5 aromatic carbocycles. The fourth-order valence-electron chi connectivity index (χ4n) is 6.15. The zero-order chi connectivity index (χ0) is 30.6. The Morgan fingerprint density at radius 3 is 2.36 bits per heavy atom. The molecule has 45 heavy (non-hydrogen) atoms. The quantitative estimate of drug-likeness (QED) is 0.215. The standard InChI is InChI=1S/C43H36N2/c1-31-20-23-39(24-21-31)45-27-26-37(28-32(2)40-18-9-10-19-43(40)45)36-22-25-42(41(30-36)34-14-7-4-8-15-34)44-38-17-11-16-35(29-38)33-12-5-3-6-13-33/h3-14,16-30,34,44H,2,15H2,1H3/b27-26-,37-28+.